The summed E-state index contributed by atoms with van der Waals surface area (Å²) in [4.78, 5) is 11.2. The molecule has 1 aromatic heterocycles. The first-order valence-corrected chi connectivity index (χ1v) is 8.03. The van der Waals surface area contributed by atoms with Crippen LogP contribution >= 0.6 is 0 Å². The lowest BCUT2D eigenvalue weighted by molar-refractivity contribution is 0.333. The summed E-state index contributed by atoms with van der Waals surface area (Å²) in [5.41, 5.74) is 4.13. The molecule has 0 atom stereocenters. The number of nitrogens with two attached hydrogens (primary N) is 1. The molecule has 6 nitrogen and oxygen atoms in total. The molecule has 0 aromatic carbocycles. The molecule has 0 saturated heterocycles. The van der Waals surface area contributed by atoms with Gasteiger partial charge >= 0.3 is 0 Å². The molecule has 0 saturated carbocycles. The van der Waals surface area contributed by atoms with Crippen LogP contribution in [0.2, 0.25) is 0 Å². The monoisotopic (exact) mass is 320 g/mol. The average Bonchev–Trinajstić information content (AvgIpc) is 3.12. The zero-order valence-electron chi connectivity index (χ0n) is 13.7. The van der Waals surface area contributed by atoms with Crippen molar-refractivity contribution in [3.63, 3.8) is 0 Å². The van der Waals surface area contributed by atoms with E-state index < -0.39 is 0 Å². The summed E-state index contributed by atoms with van der Waals surface area (Å²) in [6.45, 7) is 8.22. The summed E-state index contributed by atoms with van der Waals surface area (Å²) in [6, 6.07) is 4.04. The summed E-state index contributed by atoms with van der Waals surface area (Å²) in [5.74, 6) is 8.19. The molecule has 24 heavy (non-hydrogen) atoms. The Morgan fingerprint density at radius 1 is 1.42 bits per heavy atom. The van der Waals surface area contributed by atoms with E-state index in [0.29, 0.717) is 6.54 Å². The number of pyridine rings is 1. The zero-order valence-corrected chi connectivity index (χ0v) is 13.7. The smallest absolute Gasteiger partial charge is 0.175 e. The molecule has 4 rings (SSSR count). The molecule has 0 aliphatic carbocycles. The third-order valence-electron chi connectivity index (χ3n) is 4.34. The quantitative estimate of drug-likeness (QED) is 0.391. The van der Waals surface area contributed by atoms with Gasteiger partial charge in [-0.1, -0.05) is 24.8 Å². The van der Waals surface area contributed by atoms with Gasteiger partial charge in [-0.3, -0.25) is 4.99 Å². The lowest BCUT2D eigenvalue weighted by atomic mass is 10.1. The van der Waals surface area contributed by atoms with Crippen LogP contribution in [0.1, 0.15) is 12.6 Å². The first-order chi connectivity index (χ1) is 11.7. The van der Waals surface area contributed by atoms with E-state index in [9.17, 15) is 0 Å². The largest absolute Gasteiger partial charge is 0.331 e. The van der Waals surface area contributed by atoms with E-state index in [1.807, 2.05) is 42.3 Å². The summed E-state index contributed by atoms with van der Waals surface area (Å²) >= 11 is 0. The minimum absolute atomic E-state index is 0.615. The van der Waals surface area contributed by atoms with Crippen molar-refractivity contribution in [1.29, 1.82) is 0 Å². The van der Waals surface area contributed by atoms with E-state index in [2.05, 4.69) is 33.7 Å². The van der Waals surface area contributed by atoms with Crippen LogP contribution in [-0.4, -0.2) is 40.5 Å². The highest BCUT2D eigenvalue weighted by Gasteiger charge is 2.36. The maximum absolute atomic E-state index is 6.25. The molecule has 122 valence electrons. The van der Waals surface area contributed by atoms with E-state index in [4.69, 9.17) is 5.84 Å². The minimum Gasteiger partial charge on any atom is -0.331 e. The minimum atomic E-state index is 0.615. The van der Waals surface area contributed by atoms with Gasteiger partial charge in [0.05, 0.1) is 18.8 Å². The summed E-state index contributed by atoms with van der Waals surface area (Å²) in [5, 5.41) is 3.63. The number of aromatic nitrogens is 1. The fraction of sp³-hybridized carbons (Fsp3) is 0.222. The van der Waals surface area contributed by atoms with Gasteiger partial charge in [-0.25, -0.2) is 15.8 Å². The SMILES string of the molecule is C=C/C(=C\C)c1ccc2c(n1)N2N(N)CC1=CN2CCN=C2C=C1. The normalized spacial score (nSPS) is 18.4. The van der Waals surface area contributed by atoms with E-state index in [1.165, 1.54) is 0 Å². The molecule has 3 aliphatic heterocycles. The molecular formula is C18H20N6. The number of hydrogen-bond donors (Lipinski definition) is 1. The highest BCUT2D eigenvalue weighted by Crippen LogP contribution is 2.46. The maximum Gasteiger partial charge on any atom is 0.175 e. The molecule has 2 N–H and O–H groups in total. The van der Waals surface area contributed by atoms with E-state index in [0.717, 1.165) is 47.3 Å². The number of hydrogen-bond acceptors (Lipinski definition) is 6. The highest BCUT2D eigenvalue weighted by atomic mass is 15.8. The second-order valence-electron chi connectivity index (χ2n) is 5.87. The molecule has 0 bridgehead atoms. The Kier molecular flexibility index (Phi) is 3.55. The lowest BCUT2D eigenvalue weighted by Crippen LogP contribution is -2.40. The van der Waals surface area contributed by atoms with Crippen molar-refractivity contribution in [2.24, 2.45) is 10.8 Å². The Bertz CT molecular complexity index is 817. The van der Waals surface area contributed by atoms with Crippen molar-refractivity contribution in [3.8, 4) is 0 Å². The van der Waals surface area contributed by atoms with Crippen LogP contribution in [0.3, 0.4) is 0 Å². The predicted octanol–water partition coefficient (Wildman–Crippen LogP) is 2.38. The molecule has 0 spiro atoms. The molecule has 0 unspecified atom stereocenters. The molecule has 1 aromatic rings. The standard InChI is InChI=1S/C18H20N6/c1-3-14(4-2)15-6-7-16-18(21-15)24(16)23(19)12-13-5-8-17-20-9-10-22(17)11-13/h3-8,11H,1,9-10,12,19H2,2H3/b14-4+. The first kappa shape index (κ1) is 14.9. The van der Waals surface area contributed by atoms with Crippen LogP contribution in [-0.2, 0) is 0 Å². The van der Waals surface area contributed by atoms with Crippen LogP contribution in [0.15, 0.2) is 59.8 Å². The van der Waals surface area contributed by atoms with Gasteiger partial charge in [0.25, 0.3) is 0 Å². The number of anilines is 2. The van der Waals surface area contributed by atoms with Crippen LogP contribution < -0.4 is 10.9 Å². The number of rotatable bonds is 5. The van der Waals surface area contributed by atoms with Crippen molar-refractivity contribution >= 4 is 22.9 Å². The number of amidine groups is 1. The summed E-state index contributed by atoms with van der Waals surface area (Å²) < 4.78 is 0. The highest BCUT2D eigenvalue weighted by molar-refractivity contribution is 5.96. The fourth-order valence-corrected chi connectivity index (χ4v) is 3.04. The van der Waals surface area contributed by atoms with E-state index in [1.54, 1.807) is 5.12 Å². The van der Waals surface area contributed by atoms with Gasteiger partial charge in [0.2, 0.25) is 0 Å². The van der Waals surface area contributed by atoms with Crippen LogP contribution in [0.4, 0.5) is 11.5 Å². The van der Waals surface area contributed by atoms with Crippen molar-refractivity contribution in [2.75, 3.05) is 24.6 Å². The van der Waals surface area contributed by atoms with E-state index in [-0.39, 0.29) is 0 Å². The average molecular weight is 320 g/mol. The van der Waals surface area contributed by atoms with Crippen LogP contribution in [0.25, 0.3) is 5.57 Å². The second kappa shape index (κ2) is 5.74. The molecule has 0 radical (unpaired) electrons. The predicted molar refractivity (Wildman–Crippen MR) is 97.3 cm³/mol. The molecule has 6 heteroatoms. The van der Waals surface area contributed by atoms with Crippen molar-refractivity contribution in [1.82, 2.24) is 15.0 Å². The zero-order chi connectivity index (χ0) is 16.7. The Morgan fingerprint density at radius 2 is 2.29 bits per heavy atom. The van der Waals surface area contributed by atoms with E-state index >= 15 is 0 Å². The van der Waals surface area contributed by atoms with Gasteiger partial charge < -0.3 is 4.90 Å². The Labute approximate surface area is 141 Å². The van der Waals surface area contributed by atoms with Crippen molar-refractivity contribution < 1.29 is 0 Å². The third kappa shape index (κ3) is 2.46. The lowest BCUT2D eigenvalue weighted by Gasteiger charge is -2.23. The molecule has 0 amide bonds. The van der Waals surface area contributed by atoms with Crippen LogP contribution in [0, 0.1) is 0 Å². The number of nitrogens with zero attached hydrogens (tertiary/aromatic N) is 5. The summed E-state index contributed by atoms with van der Waals surface area (Å²) in [6.07, 6.45) is 10.1. The second-order valence-corrected chi connectivity index (χ2v) is 5.87. The van der Waals surface area contributed by atoms with Gasteiger partial charge in [0, 0.05) is 12.7 Å². The van der Waals surface area contributed by atoms with Gasteiger partial charge in [-0.2, -0.15) is 0 Å². The molecule has 3 aliphatic rings. The summed E-state index contributed by atoms with van der Waals surface area (Å²) in [7, 11) is 0. The van der Waals surface area contributed by atoms with Gasteiger partial charge in [0.1, 0.15) is 11.5 Å². The van der Waals surface area contributed by atoms with Gasteiger partial charge in [-0.15, -0.1) is 5.12 Å². The molecular weight excluding hydrogens is 300 g/mol. The van der Waals surface area contributed by atoms with Crippen LogP contribution in [0.5, 0.6) is 0 Å². The molecule has 4 heterocycles. The number of hydrazine groups is 2. The van der Waals surface area contributed by atoms with Crippen molar-refractivity contribution in [2.45, 2.75) is 6.92 Å². The Morgan fingerprint density at radius 3 is 3.08 bits per heavy atom. The van der Waals surface area contributed by atoms with Gasteiger partial charge in [-0.05, 0) is 36.3 Å². The number of fused-ring (bicyclic) bond motifs is 2. The first-order valence-electron chi connectivity index (χ1n) is 8.03. The number of aliphatic imine (C=N–C) groups is 1. The number of allylic oxidation sites excluding steroid dienone is 3. The fourth-order valence-electron chi connectivity index (χ4n) is 3.04. The van der Waals surface area contributed by atoms with Crippen molar-refractivity contribution in [3.05, 3.63) is 60.5 Å². The third-order valence-corrected chi connectivity index (χ3v) is 4.34. The van der Waals surface area contributed by atoms with Gasteiger partial charge in [0.15, 0.2) is 5.82 Å². The Balaban J connectivity index is 1.46. The maximum atomic E-state index is 6.25. The topological polar surface area (TPSA) is 60.8 Å². The Hall–Kier alpha value is -2.70. The molecule has 0 fully saturated rings.